The Morgan fingerprint density at radius 3 is 1.25 bits per heavy atom. The molecule has 4 rings (SSSR count). The van der Waals surface area contributed by atoms with Gasteiger partial charge in [0.1, 0.15) is 11.5 Å². The monoisotopic (exact) mass is 952 g/mol. The zero-order valence-electron chi connectivity index (χ0n) is 38.2. The van der Waals surface area contributed by atoms with E-state index in [1.807, 2.05) is 125 Å². The first-order valence-electron chi connectivity index (χ1n) is 22.0. The van der Waals surface area contributed by atoms with Crippen LogP contribution >= 0.6 is 22.2 Å². The molecule has 0 spiro atoms. The lowest BCUT2D eigenvalue weighted by atomic mass is 10.1. The van der Waals surface area contributed by atoms with Crippen LogP contribution in [0.1, 0.15) is 111 Å². The van der Waals surface area contributed by atoms with E-state index in [0.29, 0.717) is 37.6 Å². The lowest BCUT2D eigenvalue weighted by Gasteiger charge is -2.26. The first kappa shape index (κ1) is 54.4. The molecule has 348 valence electrons. The van der Waals surface area contributed by atoms with E-state index in [-0.39, 0.29) is 23.8 Å². The standard InChI is InChI=1S/C26H36O6Si.C24H30Cl2O4Si/c1-22(2)32-33(28-3,29-4)31-21-11-6-5-10-20-30-25-17-15-24(16-18-25)26(27)19-14-23-12-8-7-9-13-23;1-20(2)30-31(25,26)29-19-9-4-3-8-18-28-23-15-13-22(14-16-23)24(27)17-12-21-10-6-5-7-11-21/h7-9,12-19,22H,5-6,10-11,20-21H2,1-4H3;5-7,10-17,20H,3-4,8-9,18-19H2,1-2H3. The highest BCUT2D eigenvalue weighted by molar-refractivity contribution is 7.39. The molecule has 0 heterocycles. The van der Waals surface area contributed by atoms with Gasteiger partial charge in [0.25, 0.3) is 0 Å². The van der Waals surface area contributed by atoms with Crippen LogP contribution in [0.2, 0.25) is 0 Å². The minimum atomic E-state index is -3.03. The fraction of sp³-hybridized carbons (Fsp3) is 0.400. The maximum atomic E-state index is 12.3. The van der Waals surface area contributed by atoms with Crippen LogP contribution in [0.3, 0.4) is 0 Å². The van der Waals surface area contributed by atoms with Crippen molar-refractivity contribution >= 4 is 62.1 Å². The molecule has 0 radical (unpaired) electrons. The van der Waals surface area contributed by atoms with Crippen molar-refractivity contribution in [2.24, 2.45) is 0 Å². The Morgan fingerprint density at radius 1 is 0.500 bits per heavy atom. The molecule has 0 amide bonds. The molecule has 0 atom stereocenters. The van der Waals surface area contributed by atoms with Crippen LogP contribution in [0.4, 0.5) is 0 Å². The van der Waals surface area contributed by atoms with Gasteiger partial charge in [0.2, 0.25) is 0 Å². The van der Waals surface area contributed by atoms with E-state index in [1.165, 1.54) is 0 Å². The summed E-state index contributed by atoms with van der Waals surface area (Å²) in [7, 11) is -2.93. The summed E-state index contributed by atoms with van der Waals surface area (Å²) in [6, 6.07) is 34.0. The van der Waals surface area contributed by atoms with Crippen molar-refractivity contribution in [2.75, 3.05) is 40.6 Å². The van der Waals surface area contributed by atoms with Crippen LogP contribution in [-0.4, -0.2) is 80.6 Å². The molecule has 0 aliphatic rings. The van der Waals surface area contributed by atoms with Crippen LogP contribution in [-0.2, 0) is 26.6 Å². The average molecular weight is 954 g/mol. The quantitative estimate of drug-likeness (QED) is 0.0165. The highest BCUT2D eigenvalue weighted by atomic mass is 35.7. The summed E-state index contributed by atoms with van der Waals surface area (Å²) in [5.74, 6) is 1.47. The molecule has 0 saturated carbocycles. The van der Waals surface area contributed by atoms with Gasteiger partial charge in [-0.3, -0.25) is 9.59 Å². The van der Waals surface area contributed by atoms with Crippen LogP contribution in [0.15, 0.2) is 121 Å². The third-order valence-corrected chi connectivity index (χ3v) is 13.9. The predicted octanol–water partition coefficient (Wildman–Crippen LogP) is 12.6. The number of benzene rings is 4. The maximum Gasteiger partial charge on any atom is 0.679 e. The zero-order valence-corrected chi connectivity index (χ0v) is 41.7. The van der Waals surface area contributed by atoms with E-state index in [2.05, 4.69) is 0 Å². The Balaban J connectivity index is 0.000000341. The van der Waals surface area contributed by atoms with Crippen LogP contribution < -0.4 is 9.47 Å². The predicted molar refractivity (Wildman–Crippen MR) is 262 cm³/mol. The van der Waals surface area contributed by atoms with Gasteiger partial charge in [0.05, 0.1) is 13.2 Å². The molecule has 64 heavy (non-hydrogen) atoms. The van der Waals surface area contributed by atoms with Crippen LogP contribution in [0.25, 0.3) is 12.2 Å². The normalized spacial score (nSPS) is 11.9. The van der Waals surface area contributed by atoms with Crippen LogP contribution in [0.5, 0.6) is 11.5 Å². The molecule has 10 nitrogen and oxygen atoms in total. The van der Waals surface area contributed by atoms with Gasteiger partial charge in [0, 0.05) is 50.8 Å². The van der Waals surface area contributed by atoms with Gasteiger partial charge in [-0.1, -0.05) is 108 Å². The summed E-state index contributed by atoms with van der Waals surface area (Å²) < 4.78 is 44.7. The van der Waals surface area contributed by atoms with E-state index in [4.69, 9.17) is 58.2 Å². The molecular formula is C50H66Cl2O10Si2. The number of ketones is 2. The van der Waals surface area contributed by atoms with Gasteiger partial charge < -0.3 is 36.0 Å². The third-order valence-electron chi connectivity index (χ3n) is 9.15. The smallest absolute Gasteiger partial charge is 0.494 e. The third kappa shape index (κ3) is 23.3. The Bertz CT molecular complexity index is 1920. The van der Waals surface area contributed by atoms with Crippen molar-refractivity contribution in [3.8, 4) is 11.5 Å². The summed E-state index contributed by atoms with van der Waals surface area (Å²) in [6.07, 6.45) is 14.5. The molecule has 0 bridgehead atoms. The molecule has 0 fully saturated rings. The lowest BCUT2D eigenvalue weighted by Crippen LogP contribution is -2.49. The van der Waals surface area contributed by atoms with Gasteiger partial charge in [-0.15, -0.1) is 0 Å². The van der Waals surface area contributed by atoms with Crippen molar-refractivity contribution in [1.29, 1.82) is 0 Å². The van der Waals surface area contributed by atoms with Crippen molar-refractivity contribution in [3.05, 3.63) is 144 Å². The fourth-order valence-electron chi connectivity index (χ4n) is 5.91. The first-order valence-corrected chi connectivity index (χ1v) is 27.4. The molecule has 0 N–H and O–H groups in total. The van der Waals surface area contributed by atoms with Crippen LogP contribution in [0, 0.1) is 0 Å². The molecule has 0 aromatic heterocycles. The lowest BCUT2D eigenvalue weighted by molar-refractivity contribution is -0.0266. The van der Waals surface area contributed by atoms with Gasteiger partial charge in [-0.2, -0.15) is 0 Å². The molecule has 4 aromatic carbocycles. The van der Waals surface area contributed by atoms with Crippen molar-refractivity contribution in [3.63, 3.8) is 0 Å². The number of ether oxygens (including phenoxy) is 2. The SMILES string of the molecule is CC(C)O[Si](Cl)(Cl)OCCCCCCOc1ccc(C(=O)C=Cc2ccccc2)cc1.CO[Si](OC)(OCCCCCCOc1ccc(C(=O)C=Cc2ccccc2)cc1)OC(C)C. The summed E-state index contributed by atoms with van der Waals surface area (Å²) in [6.45, 7) is 9.91. The minimum Gasteiger partial charge on any atom is -0.494 e. The molecule has 0 aliphatic carbocycles. The fourth-order valence-corrected chi connectivity index (χ4v) is 10.1. The van der Waals surface area contributed by atoms with Crippen molar-refractivity contribution in [1.82, 2.24) is 0 Å². The largest absolute Gasteiger partial charge is 0.679 e. The van der Waals surface area contributed by atoms with E-state index in [0.717, 1.165) is 74.0 Å². The molecule has 0 unspecified atom stereocenters. The summed E-state index contributed by atoms with van der Waals surface area (Å²) >= 11 is 12.1. The topological polar surface area (TPSA) is 108 Å². The van der Waals surface area contributed by atoms with Gasteiger partial charge >= 0.3 is 16.2 Å². The number of carbonyl (C=O) groups excluding carboxylic acids is 2. The minimum absolute atomic E-state index is 0.0216. The zero-order chi connectivity index (χ0) is 46.5. The first-order chi connectivity index (χ1) is 30.8. The highest BCUT2D eigenvalue weighted by Crippen LogP contribution is 2.21. The maximum absolute atomic E-state index is 12.3. The van der Waals surface area contributed by atoms with Crippen molar-refractivity contribution in [2.45, 2.75) is 91.3 Å². The van der Waals surface area contributed by atoms with E-state index < -0.39 is 16.2 Å². The highest BCUT2D eigenvalue weighted by Gasteiger charge is 2.44. The Hall–Kier alpha value is -3.93. The number of hydrogen-bond acceptors (Lipinski definition) is 10. The number of hydrogen-bond donors (Lipinski definition) is 0. The molecule has 0 aliphatic heterocycles. The van der Waals surface area contributed by atoms with Gasteiger partial charge in [-0.05, 0) is 138 Å². The van der Waals surface area contributed by atoms with Gasteiger partial charge in [0.15, 0.2) is 11.6 Å². The Morgan fingerprint density at radius 2 is 0.875 bits per heavy atom. The number of allylic oxidation sites excluding steroid dienone is 2. The Labute approximate surface area is 392 Å². The second-order valence-electron chi connectivity index (χ2n) is 15.2. The number of rotatable bonds is 30. The second-order valence-corrected chi connectivity index (χ2v) is 22.6. The molecule has 4 aromatic rings. The Kier molecular flexibility index (Phi) is 26.4. The van der Waals surface area contributed by atoms with E-state index in [1.54, 1.807) is 50.6 Å². The van der Waals surface area contributed by atoms with E-state index >= 15 is 0 Å². The molecule has 14 heteroatoms. The van der Waals surface area contributed by atoms with E-state index in [9.17, 15) is 9.59 Å². The summed E-state index contributed by atoms with van der Waals surface area (Å²) in [5.41, 5.74) is 3.28. The number of carbonyl (C=O) groups is 2. The average Bonchev–Trinajstić information content (AvgIpc) is 3.29. The summed E-state index contributed by atoms with van der Waals surface area (Å²) in [4.78, 5) is 24.6. The molecular weight excluding hydrogens is 888 g/mol. The van der Waals surface area contributed by atoms with Crippen molar-refractivity contribution < 1.29 is 45.6 Å². The number of halogens is 2. The second kappa shape index (κ2) is 31.1. The number of unbranched alkanes of at least 4 members (excludes halogenated alkanes) is 6. The summed E-state index contributed by atoms with van der Waals surface area (Å²) in [5, 5.41) is 0. The van der Waals surface area contributed by atoms with Gasteiger partial charge in [-0.25, -0.2) is 0 Å². The molecule has 0 saturated heterocycles.